The molecule has 2 N–H and O–H groups in total. The summed E-state index contributed by atoms with van der Waals surface area (Å²) in [6.45, 7) is 4.63. The van der Waals surface area contributed by atoms with Gasteiger partial charge in [-0.15, -0.1) is 0 Å². The van der Waals surface area contributed by atoms with Gasteiger partial charge in [0.25, 0.3) is 0 Å². The molecule has 3 unspecified atom stereocenters. The monoisotopic (exact) mass is 334 g/mol. The van der Waals surface area contributed by atoms with Crippen molar-refractivity contribution in [1.82, 2.24) is 0 Å². The van der Waals surface area contributed by atoms with Crippen LogP contribution in [0.25, 0.3) is 0 Å². The quantitative estimate of drug-likeness (QED) is 0.740. The number of phenolic OH excluding ortho intramolecular Hbond substituents is 1. The van der Waals surface area contributed by atoms with E-state index in [4.69, 9.17) is 14.6 Å². The van der Waals surface area contributed by atoms with Crippen LogP contribution in [0.15, 0.2) is 36.4 Å². The molecule has 0 radical (unpaired) electrons. The Morgan fingerprint density at radius 3 is 2.75 bits per heavy atom. The number of carbonyl (C=O) groups is 1. The number of hydrogen-bond acceptors (Lipinski definition) is 4. The number of carboxylic acids is 1. The van der Waals surface area contributed by atoms with E-state index in [-0.39, 0.29) is 36.4 Å². The predicted octanol–water partition coefficient (Wildman–Crippen LogP) is 3.89. The molecule has 0 aromatic heterocycles. The molecule has 3 atom stereocenters. The van der Waals surface area contributed by atoms with E-state index in [1.165, 1.54) is 0 Å². The third-order valence-electron chi connectivity index (χ3n) is 4.10. The SMILES string of the molecule is CC(C)C1OCC(C/C=C\CCC(=O)O)C(c2ccccc2O)O1. The van der Waals surface area contributed by atoms with Gasteiger partial charge in [0, 0.05) is 23.8 Å². The highest BCUT2D eigenvalue weighted by molar-refractivity contribution is 5.66. The van der Waals surface area contributed by atoms with E-state index < -0.39 is 5.97 Å². The third kappa shape index (κ3) is 5.08. The van der Waals surface area contributed by atoms with Crippen molar-refractivity contribution in [3.63, 3.8) is 0 Å². The smallest absolute Gasteiger partial charge is 0.303 e. The standard InChI is InChI=1S/C19H26O5/c1-13(2)19-23-12-14(8-4-3-5-11-17(21)22)18(24-19)15-9-6-7-10-16(15)20/h3-4,6-7,9-10,13-14,18-20H,5,8,11-12H2,1-2H3,(H,21,22)/b4-3-. The predicted molar refractivity (Wildman–Crippen MR) is 90.6 cm³/mol. The molecule has 0 spiro atoms. The van der Waals surface area contributed by atoms with Crippen LogP contribution in [-0.4, -0.2) is 29.1 Å². The minimum Gasteiger partial charge on any atom is -0.508 e. The molecule has 1 heterocycles. The van der Waals surface area contributed by atoms with Crippen LogP contribution >= 0.6 is 0 Å². The average molecular weight is 334 g/mol. The first-order valence-electron chi connectivity index (χ1n) is 8.40. The van der Waals surface area contributed by atoms with Crippen molar-refractivity contribution in [2.75, 3.05) is 6.61 Å². The molecule has 0 aliphatic carbocycles. The fraction of sp³-hybridized carbons (Fsp3) is 0.526. The minimum atomic E-state index is -0.796. The number of aromatic hydroxyl groups is 1. The number of benzene rings is 1. The lowest BCUT2D eigenvalue weighted by molar-refractivity contribution is -0.255. The molecule has 1 aromatic rings. The first-order valence-corrected chi connectivity index (χ1v) is 8.40. The second kappa shape index (κ2) is 8.85. The second-order valence-electron chi connectivity index (χ2n) is 6.46. The Kier molecular flexibility index (Phi) is 6.82. The molecular formula is C19H26O5. The summed E-state index contributed by atoms with van der Waals surface area (Å²) in [5.74, 6) is -0.262. The molecule has 1 aliphatic heterocycles. The molecule has 1 fully saturated rings. The molecule has 24 heavy (non-hydrogen) atoms. The van der Waals surface area contributed by atoms with Crippen molar-refractivity contribution in [3.8, 4) is 5.75 Å². The lowest BCUT2D eigenvalue weighted by Crippen LogP contribution is -2.37. The summed E-state index contributed by atoms with van der Waals surface area (Å²) in [6, 6.07) is 7.22. The molecule has 0 amide bonds. The summed E-state index contributed by atoms with van der Waals surface area (Å²) in [4.78, 5) is 10.5. The van der Waals surface area contributed by atoms with Gasteiger partial charge in [0.15, 0.2) is 6.29 Å². The Hall–Kier alpha value is -1.85. The average Bonchev–Trinajstić information content (AvgIpc) is 2.55. The van der Waals surface area contributed by atoms with Gasteiger partial charge >= 0.3 is 5.97 Å². The van der Waals surface area contributed by atoms with E-state index in [9.17, 15) is 9.90 Å². The van der Waals surface area contributed by atoms with E-state index in [2.05, 4.69) is 0 Å². The van der Waals surface area contributed by atoms with Gasteiger partial charge in [-0.3, -0.25) is 4.79 Å². The molecule has 132 valence electrons. The lowest BCUT2D eigenvalue weighted by atomic mass is 9.91. The zero-order valence-corrected chi connectivity index (χ0v) is 14.2. The Balaban J connectivity index is 2.07. The highest BCUT2D eigenvalue weighted by atomic mass is 16.7. The van der Waals surface area contributed by atoms with Gasteiger partial charge in [-0.2, -0.15) is 0 Å². The van der Waals surface area contributed by atoms with Gasteiger partial charge in [0.2, 0.25) is 0 Å². The number of rotatable bonds is 7. The fourth-order valence-electron chi connectivity index (χ4n) is 2.79. The Morgan fingerprint density at radius 1 is 1.33 bits per heavy atom. The molecule has 5 nitrogen and oxygen atoms in total. The van der Waals surface area contributed by atoms with Gasteiger partial charge in [-0.05, 0) is 18.9 Å². The molecular weight excluding hydrogens is 308 g/mol. The topological polar surface area (TPSA) is 76.0 Å². The zero-order valence-electron chi connectivity index (χ0n) is 14.2. The van der Waals surface area contributed by atoms with E-state index in [1.54, 1.807) is 12.1 Å². The van der Waals surface area contributed by atoms with Crippen molar-refractivity contribution >= 4 is 5.97 Å². The van der Waals surface area contributed by atoms with Crippen LogP contribution in [0.3, 0.4) is 0 Å². The second-order valence-corrected chi connectivity index (χ2v) is 6.46. The molecule has 1 saturated heterocycles. The summed E-state index contributed by atoms with van der Waals surface area (Å²) in [5.41, 5.74) is 0.774. The maximum Gasteiger partial charge on any atom is 0.303 e. The molecule has 5 heteroatoms. The van der Waals surface area contributed by atoms with Crippen LogP contribution in [0.4, 0.5) is 0 Å². The highest BCUT2D eigenvalue weighted by Crippen LogP contribution is 2.39. The molecule has 0 bridgehead atoms. The van der Waals surface area contributed by atoms with Crippen molar-refractivity contribution in [1.29, 1.82) is 0 Å². The largest absolute Gasteiger partial charge is 0.508 e. The number of para-hydroxylation sites is 1. The first-order chi connectivity index (χ1) is 11.5. The number of ether oxygens (including phenoxy) is 2. The zero-order chi connectivity index (χ0) is 17.5. The first kappa shape index (κ1) is 18.5. The van der Waals surface area contributed by atoms with Crippen molar-refractivity contribution in [2.45, 2.75) is 45.5 Å². The van der Waals surface area contributed by atoms with Crippen LogP contribution in [0.5, 0.6) is 5.75 Å². The highest BCUT2D eigenvalue weighted by Gasteiger charge is 2.34. The Labute approximate surface area is 142 Å². The van der Waals surface area contributed by atoms with Crippen LogP contribution < -0.4 is 0 Å². The maximum atomic E-state index is 10.5. The lowest BCUT2D eigenvalue weighted by Gasteiger charge is -2.38. The summed E-state index contributed by atoms with van der Waals surface area (Å²) in [6.07, 6.45) is 4.68. The number of carboxylic acid groups (broad SMARTS) is 1. The molecule has 2 rings (SSSR count). The van der Waals surface area contributed by atoms with Gasteiger partial charge in [-0.25, -0.2) is 0 Å². The van der Waals surface area contributed by atoms with Crippen LogP contribution in [-0.2, 0) is 14.3 Å². The van der Waals surface area contributed by atoms with E-state index in [0.29, 0.717) is 19.4 Å². The number of hydrogen-bond donors (Lipinski definition) is 2. The van der Waals surface area contributed by atoms with E-state index in [1.807, 2.05) is 38.1 Å². The Bertz CT molecular complexity index is 567. The van der Waals surface area contributed by atoms with Gasteiger partial charge in [0.1, 0.15) is 5.75 Å². The minimum absolute atomic E-state index is 0.0781. The number of aliphatic carboxylic acids is 1. The fourth-order valence-corrected chi connectivity index (χ4v) is 2.79. The van der Waals surface area contributed by atoms with Crippen LogP contribution in [0.2, 0.25) is 0 Å². The summed E-state index contributed by atoms with van der Waals surface area (Å²) in [5, 5.41) is 18.8. The van der Waals surface area contributed by atoms with Gasteiger partial charge < -0.3 is 19.7 Å². The van der Waals surface area contributed by atoms with E-state index in [0.717, 1.165) is 5.56 Å². The van der Waals surface area contributed by atoms with Crippen LogP contribution in [0, 0.1) is 11.8 Å². The van der Waals surface area contributed by atoms with Crippen molar-refractivity contribution in [3.05, 3.63) is 42.0 Å². The molecule has 1 aromatic carbocycles. The normalized spacial score (nSPS) is 24.5. The van der Waals surface area contributed by atoms with Crippen LogP contribution in [0.1, 0.15) is 44.8 Å². The summed E-state index contributed by atoms with van der Waals surface area (Å²) < 4.78 is 11.9. The summed E-state index contributed by atoms with van der Waals surface area (Å²) >= 11 is 0. The van der Waals surface area contributed by atoms with Gasteiger partial charge in [-0.1, -0.05) is 44.2 Å². The molecule has 1 aliphatic rings. The number of phenols is 1. The van der Waals surface area contributed by atoms with Gasteiger partial charge in [0.05, 0.1) is 12.7 Å². The van der Waals surface area contributed by atoms with E-state index >= 15 is 0 Å². The van der Waals surface area contributed by atoms with Crippen molar-refractivity contribution in [2.24, 2.45) is 11.8 Å². The Morgan fingerprint density at radius 2 is 2.08 bits per heavy atom. The maximum absolute atomic E-state index is 10.5. The molecule has 0 saturated carbocycles. The number of allylic oxidation sites excluding steroid dienone is 2. The summed E-state index contributed by atoms with van der Waals surface area (Å²) in [7, 11) is 0. The third-order valence-corrected chi connectivity index (χ3v) is 4.10. The van der Waals surface area contributed by atoms with Crippen molar-refractivity contribution < 1.29 is 24.5 Å².